The number of ether oxygens (including phenoxy) is 1. The molecule has 3 nitrogen and oxygen atoms in total. The molecule has 1 unspecified atom stereocenters. The zero-order valence-corrected chi connectivity index (χ0v) is 17.5. The Morgan fingerprint density at radius 3 is 2.10 bits per heavy atom. The zero-order valence-electron chi connectivity index (χ0n) is 17.5. The molecule has 0 N–H and O–H groups in total. The van der Waals surface area contributed by atoms with Crippen LogP contribution in [0.3, 0.4) is 0 Å². The van der Waals surface area contributed by atoms with Gasteiger partial charge in [0.05, 0.1) is 6.61 Å². The van der Waals surface area contributed by atoms with Crippen LogP contribution in [-0.4, -0.2) is 18.5 Å². The van der Waals surface area contributed by atoms with Gasteiger partial charge >= 0.3 is 0 Å². The van der Waals surface area contributed by atoms with E-state index >= 15 is 0 Å². The summed E-state index contributed by atoms with van der Waals surface area (Å²) in [5.41, 5.74) is 3.59. The highest BCUT2D eigenvalue weighted by molar-refractivity contribution is 5.67. The molecule has 29 heavy (non-hydrogen) atoms. The predicted molar refractivity (Wildman–Crippen MR) is 113 cm³/mol. The molecular formula is C26H34O3. The van der Waals surface area contributed by atoms with Crippen molar-refractivity contribution in [2.45, 2.75) is 82.0 Å². The van der Waals surface area contributed by atoms with Gasteiger partial charge in [-0.1, -0.05) is 50.1 Å². The van der Waals surface area contributed by atoms with Crippen molar-refractivity contribution in [1.82, 2.24) is 0 Å². The van der Waals surface area contributed by atoms with Crippen LogP contribution in [0.5, 0.6) is 0 Å². The smallest absolute Gasteiger partial charge is 0.207 e. The average molecular weight is 395 g/mol. The summed E-state index contributed by atoms with van der Waals surface area (Å²) in [5, 5.41) is 0. The summed E-state index contributed by atoms with van der Waals surface area (Å²) in [4.78, 5) is 12.1. The van der Waals surface area contributed by atoms with E-state index in [4.69, 9.17) is 14.5 Å². The lowest BCUT2D eigenvalue weighted by Crippen LogP contribution is -2.63. The molecule has 7 rings (SSSR count). The maximum atomic E-state index is 6.51. The first-order chi connectivity index (χ1) is 14.2. The van der Waals surface area contributed by atoms with E-state index in [1.54, 1.807) is 0 Å². The van der Waals surface area contributed by atoms with E-state index < -0.39 is 5.79 Å². The fourth-order valence-electron chi connectivity index (χ4n) is 7.35. The van der Waals surface area contributed by atoms with Crippen molar-refractivity contribution < 1.29 is 14.5 Å². The third kappa shape index (κ3) is 3.12. The van der Waals surface area contributed by atoms with E-state index in [-0.39, 0.29) is 6.10 Å². The van der Waals surface area contributed by atoms with Crippen molar-refractivity contribution in [2.24, 2.45) is 23.7 Å². The number of hydrogen-bond donors (Lipinski definition) is 0. The van der Waals surface area contributed by atoms with Crippen molar-refractivity contribution in [3.05, 3.63) is 42.0 Å². The van der Waals surface area contributed by atoms with Crippen LogP contribution in [0.4, 0.5) is 0 Å². The van der Waals surface area contributed by atoms with Crippen molar-refractivity contribution in [3.8, 4) is 0 Å². The van der Waals surface area contributed by atoms with Crippen LogP contribution in [-0.2, 0) is 14.5 Å². The third-order valence-corrected chi connectivity index (χ3v) is 8.78. The monoisotopic (exact) mass is 394 g/mol. The van der Waals surface area contributed by atoms with Crippen LogP contribution in [0.1, 0.15) is 81.3 Å². The van der Waals surface area contributed by atoms with Crippen molar-refractivity contribution >= 4 is 5.57 Å². The fourth-order valence-corrected chi connectivity index (χ4v) is 7.35. The molecule has 3 heteroatoms. The van der Waals surface area contributed by atoms with E-state index in [9.17, 15) is 0 Å². The zero-order chi connectivity index (χ0) is 19.4. The second kappa shape index (κ2) is 7.21. The van der Waals surface area contributed by atoms with Crippen LogP contribution < -0.4 is 0 Å². The van der Waals surface area contributed by atoms with Crippen LogP contribution >= 0.6 is 0 Å². The molecule has 5 saturated carbocycles. The summed E-state index contributed by atoms with van der Waals surface area (Å²) in [6.45, 7) is 4.89. The summed E-state index contributed by atoms with van der Waals surface area (Å²) in [6.07, 6.45) is 13.0. The van der Waals surface area contributed by atoms with E-state index in [1.165, 1.54) is 69.8 Å². The largest absolute Gasteiger partial charge is 0.344 e. The molecule has 0 aromatic heterocycles. The standard InChI is InChI=1S/C26H34O3/c1-17(20-7-9-22(10-8-20)21-5-3-2-4-6-21)25-16-27-26(29-28-25)23-12-18-11-19(14-23)15-24(26)13-18/h7-10,18-19,21,23-25H,1-6,11-16H2. The molecule has 6 aliphatic rings. The topological polar surface area (TPSA) is 27.7 Å². The van der Waals surface area contributed by atoms with Gasteiger partial charge in [0, 0.05) is 11.8 Å². The van der Waals surface area contributed by atoms with Crippen LogP contribution in [0.25, 0.3) is 5.57 Å². The average Bonchev–Trinajstić information content (AvgIpc) is 2.78. The number of rotatable bonds is 3. The number of hydrogen-bond acceptors (Lipinski definition) is 3. The minimum Gasteiger partial charge on any atom is -0.344 e. The molecule has 5 aliphatic carbocycles. The molecule has 1 heterocycles. The predicted octanol–water partition coefficient (Wildman–Crippen LogP) is 6.25. The lowest BCUT2D eigenvalue weighted by atomic mass is 9.53. The van der Waals surface area contributed by atoms with Gasteiger partial charge in [-0.3, -0.25) is 0 Å². The second-order valence-electron chi connectivity index (χ2n) is 10.5. The minimum atomic E-state index is -0.477. The Morgan fingerprint density at radius 1 is 0.862 bits per heavy atom. The molecule has 6 fully saturated rings. The fraction of sp³-hybridized carbons (Fsp3) is 0.692. The van der Waals surface area contributed by atoms with E-state index in [1.807, 2.05) is 0 Å². The Kier molecular flexibility index (Phi) is 4.63. The van der Waals surface area contributed by atoms with Gasteiger partial charge < -0.3 is 4.74 Å². The first-order valence-electron chi connectivity index (χ1n) is 12.0. The molecule has 156 valence electrons. The Balaban J connectivity index is 1.12. The van der Waals surface area contributed by atoms with Crippen LogP contribution in [0.15, 0.2) is 30.8 Å². The normalized spacial score (nSPS) is 41.7. The highest BCUT2D eigenvalue weighted by Gasteiger charge is 2.61. The molecule has 0 amide bonds. The van der Waals surface area contributed by atoms with Crippen molar-refractivity contribution in [1.29, 1.82) is 0 Å². The number of benzene rings is 1. The summed E-state index contributed by atoms with van der Waals surface area (Å²) in [7, 11) is 0. The summed E-state index contributed by atoms with van der Waals surface area (Å²) in [5.74, 6) is 3.08. The maximum absolute atomic E-state index is 6.51. The molecule has 1 aliphatic heterocycles. The Labute approximate surface area is 174 Å². The molecule has 1 aromatic rings. The lowest BCUT2D eigenvalue weighted by molar-refractivity contribution is -0.517. The SMILES string of the molecule is C=C(c1ccc(C2CCCCC2)cc1)C1COC2(OO1)C1CC3CC(C1)CC2C3. The first kappa shape index (κ1) is 18.6. The Morgan fingerprint density at radius 2 is 1.52 bits per heavy atom. The summed E-state index contributed by atoms with van der Waals surface area (Å²) < 4.78 is 6.51. The quantitative estimate of drug-likeness (QED) is 0.567. The van der Waals surface area contributed by atoms with Crippen LogP contribution in [0.2, 0.25) is 0 Å². The van der Waals surface area contributed by atoms with Crippen molar-refractivity contribution in [3.63, 3.8) is 0 Å². The molecule has 4 bridgehead atoms. The lowest BCUT2D eigenvalue weighted by Gasteiger charge is -2.60. The molecule has 1 aromatic carbocycles. The third-order valence-electron chi connectivity index (χ3n) is 8.78. The first-order valence-corrected chi connectivity index (χ1v) is 12.0. The molecule has 1 atom stereocenters. The van der Waals surface area contributed by atoms with Gasteiger partial charge in [-0.05, 0) is 79.4 Å². The van der Waals surface area contributed by atoms with Gasteiger partial charge in [-0.25, -0.2) is 4.89 Å². The Bertz CT molecular complexity index is 723. The van der Waals surface area contributed by atoms with E-state index in [0.717, 1.165) is 28.9 Å². The van der Waals surface area contributed by atoms with Gasteiger partial charge in [0.1, 0.15) is 6.10 Å². The highest BCUT2D eigenvalue weighted by atomic mass is 17.2. The van der Waals surface area contributed by atoms with Crippen molar-refractivity contribution in [2.75, 3.05) is 6.61 Å². The molecular weight excluding hydrogens is 360 g/mol. The van der Waals surface area contributed by atoms with Gasteiger partial charge in [-0.2, -0.15) is 4.89 Å². The molecule has 1 saturated heterocycles. The van der Waals surface area contributed by atoms with E-state index in [2.05, 4.69) is 30.8 Å². The second-order valence-corrected chi connectivity index (χ2v) is 10.5. The van der Waals surface area contributed by atoms with Gasteiger partial charge in [0.15, 0.2) is 0 Å². The minimum absolute atomic E-state index is 0.210. The summed E-state index contributed by atoms with van der Waals surface area (Å²) in [6, 6.07) is 9.01. The maximum Gasteiger partial charge on any atom is 0.207 e. The highest BCUT2D eigenvalue weighted by Crippen LogP contribution is 2.60. The molecule has 0 radical (unpaired) electrons. The Hall–Kier alpha value is -1.16. The van der Waals surface area contributed by atoms with Gasteiger partial charge in [-0.15, -0.1) is 0 Å². The summed E-state index contributed by atoms with van der Waals surface area (Å²) >= 11 is 0. The van der Waals surface area contributed by atoms with E-state index in [0.29, 0.717) is 18.4 Å². The van der Waals surface area contributed by atoms with Gasteiger partial charge in [0.25, 0.3) is 0 Å². The van der Waals surface area contributed by atoms with Gasteiger partial charge in [0.2, 0.25) is 5.79 Å². The van der Waals surface area contributed by atoms with Crippen LogP contribution in [0, 0.1) is 23.7 Å². The molecule has 1 spiro atoms.